The van der Waals surface area contributed by atoms with Crippen LogP contribution in [0.4, 0.5) is 13.2 Å². The average Bonchev–Trinajstić information content (AvgIpc) is 2.04. The molecule has 2 nitrogen and oxygen atoms in total. The summed E-state index contributed by atoms with van der Waals surface area (Å²) in [4.78, 5) is 13.7. The van der Waals surface area contributed by atoms with Gasteiger partial charge in [0.1, 0.15) is 10.4 Å². The van der Waals surface area contributed by atoms with Crippen molar-refractivity contribution in [1.82, 2.24) is 4.98 Å². The number of carbonyl (C=O) groups is 1. The molecule has 0 aliphatic carbocycles. The monoisotopic (exact) mass is 253 g/mol. The Morgan fingerprint density at radius 3 is 2.62 bits per heavy atom. The van der Waals surface area contributed by atoms with Gasteiger partial charge in [-0.3, -0.25) is 4.79 Å². The highest BCUT2D eigenvalue weighted by Crippen LogP contribution is 2.25. The molecule has 0 N–H and O–H groups in total. The average molecular weight is 254 g/mol. The van der Waals surface area contributed by atoms with Gasteiger partial charge in [0, 0.05) is 6.20 Å². The van der Waals surface area contributed by atoms with Gasteiger partial charge in [0.2, 0.25) is 0 Å². The van der Waals surface area contributed by atoms with Crippen LogP contribution in [-0.2, 0) is 0 Å². The first-order valence-corrected chi connectivity index (χ1v) is 3.94. The van der Waals surface area contributed by atoms with Crippen molar-refractivity contribution in [2.24, 2.45) is 0 Å². The predicted molar refractivity (Wildman–Crippen MR) is 42.2 cm³/mol. The van der Waals surface area contributed by atoms with Gasteiger partial charge in [0.15, 0.2) is 6.29 Å². The molecule has 1 heterocycles. The van der Waals surface area contributed by atoms with Gasteiger partial charge in [0.25, 0.3) is 6.43 Å². The Kier molecular flexibility index (Phi) is 3.02. The lowest BCUT2D eigenvalue weighted by Crippen LogP contribution is -1.99. The van der Waals surface area contributed by atoms with Gasteiger partial charge >= 0.3 is 0 Å². The molecule has 1 rings (SSSR count). The summed E-state index contributed by atoms with van der Waals surface area (Å²) in [6.45, 7) is 0. The lowest BCUT2D eigenvalue weighted by atomic mass is 10.2. The largest absolute Gasteiger partial charge is 0.298 e. The number of nitrogens with zero attached hydrogens (tertiary/aromatic N) is 1. The second-order valence-corrected chi connectivity index (χ2v) is 2.90. The molecule has 0 spiro atoms. The van der Waals surface area contributed by atoms with Crippen molar-refractivity contribution >= 4 is 22.2 Å². The maximum Gasteiger partial charge on any atom is 0.268 e. The highest BCUT2D eigenvalue weighted by atomic mass is 79.9. The molecule has 0 aromatic carbocycles. The van der Waals surface area contributed by atoms with E-state index in [-0.39, 0.29) is 10.9 Å². The van der Waals surface area contributed by atoms with Crippen molar-refractivity contribution in [2.75, 3.05) is 0 Å². The second-order valence-electron chi connectivity index (χ2n) is 2.15. The Labute approximate surface area is 79.9 Å². The minimum atomic E-state index is -2.97. The van der Waals surface area contributed by atoms with Gasteiger partial charge in [-0.15, -0.1) is 0 Å². The number of aldehydes is 1. The van der Waals surface area contributed by atoms with Crippen LogP contribution in [0.5, 0.6) is 0 Å². The molecule has 0 radical (unpaired) electrons. The van der Waals surface area contributed by atoms with Gasteiger partial charge in [-0.25, -0.2) is 18.2 Å². The molecule has 1 aromatic heterocycles. The van der Waals surface area contributed by atoms with Gasteiger partial charge < -0.3 is 0 Å². The molecular formula is C7H3BrF3NO. The Morgan fingerprint density at radius 1 is 1.54 bits per heavy atom. The molecule has 0 amide bonds. The van der Waals surface area contributed by atoms with Crippen molar-refractivity contribution in [1.29, 1.82) is 0 Å². The fourth-order valence-electron chi connectivity index (χ4n) is 0.751. The zero-order chi connectivity index (χ0) is 10.0. The number of halogens is 4. The first kappa shape index (κ1) is 10.2. The van der Waals surface area contributed by atoms with Gasteiger partial charge in [-0.2, -0.15) is 0 Å². The number of carbonyl (C=O) groups excluding carboxylic acids is 1. The molecule has 13 heavy (non-hydrogen) atoms. The van der Waals surface area contributed by atoms with E-state index in [1.165, 1.54) is 0 Å². The van der Waals surface area contributed by atoms with Crippen LogP contribution in [0.15, 0.2) is 10.8 Å². The summed E-state index contributed by atoms with van der Waals surface area (Å²) in [5.41, 5.74) is -1.36. The van der Waals surface area contributed by atoms with Crippen LogP contribution in [0.2, 0.25) is 0 Å². The number of aromatic nitrogens is 1. The van der Waals surface area contributed by atoms with Crippen LogP contribution < -0.4 is 0 Å². The summed E-state index contributed by atoms with van der Waals surface area (Å²) in [6.07, 6.45) is -2.14. The summed E-state index contributed by atoms with van der Waals surface area (Å²) < 4.78 is 37.1. The Hall–Kier alpha value is -0.910. The van der Waals surface area contributed by atoms with E-state index in [1.807, 2.05) is 0 Å². The van der Waals surface area contributed by atoms with Crippen LogP contribution >= 0.6 is 15.9 Å². The van der Waals surface area contributed by atoms with Crippen LogP contribution in [0.3, 0.4) is 0 Å². The van der Waals surface area contributed by atoms with Crippen molar-refractivity contribution in [3.8, 4) is 0 Å². The SMILES string of the molecule is O=Cc1c(Br)ncc(C(F)F)c1F. The number of hydrogen-bond donors (Lipinski definition) is 0. The number of alkyl halides is 2. The van der Waals surface area contributed by atoms with E-state index >= 15 is 0 Å². The molecule has 6 heteroatoms. The molecular weight excluding hydrogens is 251 g/mol. The van der Waals surface area contributed by atoms with Crippen molar-refractivity contribution in [2.45, 2.75) is 6.43 Å². The smallest absolute Gasteiger partial charge is 0.268 e. The summed E-state index contributed by atoms with van der Waals surface area (Å²) in [5.74, 6) is -1.23. The van der Waals surface area contributed by atoms with Crippen LogP contribution in [0.25, 0.3) is 0 Å². The summed E-state index contributed by atoms with van der Waals surface area (Å²) in [6, 6.07) is 0. The fourth-order valence-corrected chi connectivity index (χ4v) is 1.12. The predicted octanol–water partition coefficient (Wildman–Crippen LogP) is 2.73. The van der Waals surface area contributed by atoms with Gasteiger partial charge in [0.05, 0.1) is 11.1 Å². The van der Waals surface area contributed by atoms with Crippen LogP contribution in [-0.4, -0.2) is 11.3 Å². The summed E-state index contributed by atoms with van der Waals surface area (Å²) >= 11 is 2.76. The van der Waals surface area contributed by atoms with Gasteiger partial charge in [-0.05, 0) is 15.9 Å². The lowest BCUT2D eigenvalue weighted by Gasteiger charge is -2.03. The lowest BCUT2D eigenvalue weighted by molar-refractivity contribution is 0.111. The second kappa shape index (κ2) is 3.87. The molecule has 0 aliphatic heterocycles. The Morgan fingerprint density at radius 2 is 2.15 bits per heavy atom. The van der Waals surface area contributed by atoms with E-state index in [0.717, 1.165) is 0 Å². The number of pyridine rings is 1. The molecule has 1 aromatic rings. The maximum atomic E-state index is 13.0. The standard InChI is InChI=1S/C7H3BrF3NO/c8-6-4(2-13)5(9)3(1-12-6)7(10)11/h1-2,7H. The third-order valence-corrected chi connectivity index (χ3v) is 2.01. The van der Waals surface area contributed by atoms with E-state index in [0.29, 0.717) is 6.20 Å². The normalized spacial score (nSPS) is 10.5. The molecule has 70 valence electrons. The summed E-state index contributed by atoms with van der Waals surface area (Å²) in [7, 11) is 0. The topological polar surface area (TPSA) is 30.0 Å². The highest BCUT2D eigenvalue weighted by Gasteiger charge is 2.19. The summed E-state index contributed by atoms with van der Waals surface area (Å²) in [5, 5.41) is 0. The third-order valence-electron chi connectivity index (χ3n) is 1.38. The minimum Gasteiger partial charge on any atom is -0.298 e. The Bertz CT molecular complexity index is 343. The zero-order valence-electron chi connectivity index (χ0n) is 6.10. The molecule has 0 bridgehead atoms. The first-order chi connectivity index (χ1) is 6.07. The first-order valence-electron chi connectivity index (χ1n) is 3.15. The van der Waals surface area contributed by atoms with Crippen molar-refractivity contribution in [3.63, 3.8) is 0 Å². The minimum absolute atomic E-state index is 0.0793. The van der Waals surface area contributed by atoms with Gasteiger partial charge in [-0.1, -0.05) is 0 Å². The quantitative estimate of drug-likeness (QED) is 0.600. The number of hydrogen-bond acceptors (Lipinski definition) is 2. The van der Waals surface area contributed by atoms with E-state index in [4.69, 9.17) is 0 Å². The van der Waals surface area contributed by atoms with Crippen LogP contribution in [0.1, 0.15) is 22.3 Å². The molecule has 0 saturated heterocycles. The maximum absolute atomic E-state index is 13.0. The van der Waals surface area contributed by atoms with Crippen molar-refractivity contribution in [3.05, 3.63) is 27.7 Å². The van der Waals surface area contributed by atoms with Crippen molar-refractivity contribution < 1.29 is 18.0 Å². The molecule has 0 aliphatic rings. The zero-order valence-corrected chi connectivity index (χ0v) is 7.69. The fraction of sp³-hybridized carbons (Fsp3) is 0.143. The van der Waals surface area contributed by atoms with E-state index < -0.39 is 23.4 Å². The molecule has 0 atom stereocenters. The molecule has 0 unspecified atom stereocenters. The third kappa shape index (κ3) is 1.88. The molecule has 0 fully saturated rings. The van der Waals surface area contributed by atoms with E-state index in [1.54, 1.807) is 0 Å². The van der Waals surface area contributed by atoms with Crippen LogP contribution in [0, 0.1) is 5.82 Å². The molecule has 0 saturated carbocycles. The Balaban J connectivity index is 3.35. The van der Waals surface area contributed by atoms with E-state index in [2.05, 4.69) is 20.9 Å². The number of rotatable bonds is 2. The van der Waals surface area contributed by atoms with E-state index in [9.17, 15) is 18.0 Å². The highest BCUT2D eigenvalue weighted by molar-refractivity contribution is 9.10.